The Labute approximate surface area is 162 Å². The third-order valence-corrected chi connectivity index (χ3v) is 4.34. The molecule has 7 heteroatoms. The number of nitrogens with one attached hydrogen (secondary N) is 2. The lowest BCUT2D eigenvalue weighted by Crippen LogP contribution is -2.23. The Bertz CT molecular complexity index is 1070. The number of para-hydroxylation sites is 2. The molecule has 140 valence electrons. The number of carbonyl (C=O) groups excluding carboxylic acids is 1. The first-order valence-electron chi connectivity index (χ1n) is 8.81. The summed E-state index contributed by atoms with van der Waals surface area (Å²) < 4.78 is 7.18. The molecule has 0 aliphatic rings. The third kappa shape index (κ3) is 3.50. The first kappa shape index (κ1) is 17.5. The predicted molar refractivity (Wildman–Crippen MR) is 105 cm³/mol. The summed E-state index contributed by atoms with van der Waals surface area (Å²) in [6.45, 7) is 0.348. The van der Waals surface area contributed by atoms with Crippen LogP contribution in [0, 0.1) is 0 Å². The molecule has 7 nitrogen and oxygen atoms in total. The maximum atomic E-state index is 12.9. The zero-order valence-electron chi connectivity index (χ0n) is 15.3. The van der Waals surface area contributed by atoms with Gasteiger partial charge in [-0.1, -0.05) is 30.3 Å². The van der Waals surface area contributed by atoms with Crippen LogP contribution in [-0.4, -0.2) is 33.0 Å². The van der Waals surface area contributed by atoms with E-state index in [0.29, 0.717) is 23.6 Å². The molecule has 0 bridgehead atoms. The van der Waals surface area contributed by atoms with Crippen LogP contribution in [0.1, 0.15) is 16.1 Å². The van der Waals surface area contributed by atoms with Gasteiger partial charge in [0.25, 0.3) is 5.91 Å². The average molecular weight is 373 g/mol. The molecule has 0 atom stereocenters. The van der Waals surface area contributed by atoms with Crippen LogP contribution >= 0.6 is 0 Å². The molecule has 0 aliphatic heterocycles. The molecule has 2 aromatic carbocycles. The lowest BCUT2D eigenvalue weighted by atomic mass is 10.1. The molecule has 0 saturated carbocycles. The number of hydrogen-bond acceptors (Lipinski definition) is 4. The van der Waals surface area contributed by atoms with E-state index in [1.165, 1.54) is 0 Å². The zero-order valence-corrected chi connectivity index (χ0v) is 15.3. The van der Waals surface area contributed by atoms with Gasteiger partial charge in [0.1, 0.15) is 11.4 Å². The molecule has 1 amide bonds. The van der Waals surface area contributed by atoms with Gasteiger partial charge < -0.3 is 10.1 Å². The molecule has 4 rings (SSSR count). The van der Waals surface area contributed by atoms with Gasteiger partial charge in [0.2, 0.25) is 0 Å². The van der Waals surface area contributed by atoms with Crippen LogP contribution < -0.4 is 10.1 Å². The van der Waals surface area contributed by atoms with Gasteiger partial charge in [-0.15, -0.1) is 0 Å². The number of aromatic nitrogens is 4. The van der Waals surface area contributed by atoms with Gasteiger partial charge in [-0.05, 0) is 30.3 Å². The maximum absolute atomic E-state index is 12.9. The molecule has 0 unspecified atom stereocenters. The normalized spacial score (nSPS) is 10.6. The highest BCUT2D eigenvalue weighted by Gasteiger charge is 2.21. The van der Waals surface area contributed by atoms with E-state index in [1.807, 2.05) is 60.7 Å². The molecule has 0 aliphatic carbocycles. The number of nitrogens with zero attached hydrogens (tertiary/aromatic N) is 3. The highest BCUT2D eigenvalue weighted by molar-refractivity contribution is 6.00. The molecular formula is C21H19N5O2. The van der Waals surface area contributed by atoms with E-state index in [9.17, 15) is 4.79 Å². The molecule has 2 N–H and O–H groups in total. The monoisotopic (exact) mass is 373 g/mol. The highest BCUT2D eigenvalue weighted by Crippen LogP contribution is 2.31. The molecule has 0 radical (unpaired) electrons. The summed E-state index contributed by atoms with van der Waals surface area (Å²) in [5.74, 6) is 0.432. The van der Waals surface area contributed by atoms with Crippen molar-refractivity contribution < 1.29 is 9.53 Å². The lowest BCUT2D eigenvalue weighted by Gasteiger charge is -2.08. The quantitative estimate of drug-likeness (QED) is 0.544. The number of rotatable bonds is 6. The standard InChI is InChI=1S/C21H19N5O2/c1-28-19-10-6-5-9-17(19)20-18(21(27)22-13-15-11-12-23-24-15)14-26(25-20)16-7-3-2-4-8-16/h2-12,14H,13H2,1H3,(H,22,27)(H,23,24). The SMILES string of the molecule is COc1ccccc1-c1nn(-c2ccccc2)cc1C(=O)NCc1ccn[nH]1. The molecule has 0 saturated heterocycles. The van der Waals surface area contributed by atoms with Gasteiger partial charge in [0, 0.05) is 18.0 Å². The van der Waals surface area contributed by atoms with Crippen molar-refractivity contribution in [2.75, 3.05) is 7.11 Å². The van der Waals surface area contributed by atoms with Gasteiger partial charge in [0.15, 0.2) is 0 Å². The molecule has 2 heterocycles. The van der Waals surface area contributed by atoms with Crippen LogP contribution in [0.15, 0.2) is 73.1 Å². The Kier molecular flexibility index (Phi) is 4.88. The molecule has 0 fully saturated rings. The number of H-pyrrole nitrogens is 1. The van der Waals surface area contributed by atoms with Gasteiger partial charge in [-0.25, -0.2) is 4.68 Å². The Hall–Kier alpha value is -3.87. The smallest absolute Gasteiger partial charge is 0.255 e. The van der Waals surface area contributed by atoms with Crippen molar-refractivity contribution in [2.24, 2.45) is 0 Å². The van der Waals surface area contributed by atoms with Crippen molar-refractivity contribution in [3.8, 4) is 22.7 Å². The molecular weight excluding hydrogens is 354 g/mol. The van der Waals surface area contributed by atoms with Crippen LogP contribution in [0.3, 0.4) is 0 Å². The maximum Gasteiger partial charge on any atom is 0.255 e. The zero-order chi connectivity index (χ0) is 19.3. The highest BCUT2D eigenvalue weighted by atomic mass is 16.5. The number of amides is 1. The molecule has 4 aromatic rings. The van der Waals surface area contributed by atoms with E-state index in [2.05, 4.69) is 20.6 Å². The Morgan fingerprint density at radius 3 is 2.64 bits per heavy atom. The fourth-order valence-electron chi connectivity index (χ4n) is 2.95. The topological polar surface area (TPSA) is 84.8 Å². The lowest BCUT2D eigenvalue weighted by molar-refractivity contribution is 0.0951. The Morgan fingerprint density at radius 1 is 1.11 bits per heavy atom. The van der Waals surface area contributed by atoms with E-state index < -0.39 is 0 Å². The number of methoxy groups -OCH3 is 1. The second-order valence-corrected chi connectivity index (χ2v) is 6.14. The van der Waals surface area contributed by atoms with Crippen LogP contribution in [0.25, 0.3) is 16.9 Å². The van der Waals surface area contributed by atoms with Gasteiger partial charge in [-0.3, -0.25) is 9.89 Å². The van der Waals surface area contributed by atoms with Crippen LogP contribution in [0.5, 0.6) is 5.75 Å². The summed E-state index contributed by atoms with van der Waals surface area (Å²) in [5, 5.41) is 14.3. The van der Waals surface area contributed by atoms with Crippen molar-refractivity contribution in [1.29, 1.82) is 0 Å². The molecule has 28 heavy (non-hydrogen) atoms. The number of carbonyl (C=O) groups is 1. The largest absolute Gasteiger partial charge is 0.496 e. The fourth-order valence-corrected chi connectivity index (χ4v) is 2.95. The number of hydrogen-bond donors (Lipinski definition) is 2. The van der Waals surface area contributed by atoms with E-state index in [4.69, 9.17) is 4.74 Å². The number of ether oxygens (including phenoxy) is 1. The minimum atomic E-state index is -0.224. The van der Waals surface area contributed by atoms with Crippen molar-refractivity contribution in [3.63, 3.8) is 0 Å². The second kappa shape index (κ2) is 7.79. The van der Waals surface area contributed by atoms with Crippen molar-refractivity contribution >= 4 is 5.91 Å². The van der Waals surface area contributed by atoms with E-state index in [-0.39, 0.29) is 5.91 Å². The fraction of sp³-hybridized carbons (Fsp3) is 0.0952. The Morgan fingerprint density at radius 2 is 1.89 bits per heavy atom. The first-order chi connectivity index (χ1) is 13.8. The van der Waals surface area contributed by atoms with Crippen LogP contribution in [-0.2, 0) is 6.54 Å². The summed E-state index contributed by atoms with van der Waals surface area (Å²) >= 11 is 0. The third-order valence-electron chi connectivity index (χ3n) is 4.34. The molecule has 0 spiro atoms. The minimum absolute atomic E-state index is 0.224. The molecule has 2 aromatic heterocycles. The van der Waals surface area contributed by atoms with Gasteiger partial charge in [0.05, 0.1) is 30.6 Å². The number of aromatic amines is 1. The van der Waals surface area contributed by atoms with Gasteiger partial charge in [-0.2, -0.15) is 10.2 Å². The summed E-state index contributed by atoms with van der Waals surface area (Å²) in [5.41, 5.74) is 3.47. The second-order valence-electron chi connectivity index (χ2n) is 6.14. The van der Waals surface area contributed by atoms with E-state index in [1.54, 1.807) is 24.2 Å². The van der Waals surface area contributed by atoms with E-state index >= 15 is 0 Å². The predicted octanol–water partition coefficient (Wildman–Crippen LogP) is 3.20. The summed E-state index contributed by atoms with van der Waals surface area (Å²) in [7, 11) is 1.60. The van der Waals surface area contributed by atoms with Crippen molar-refractivity contribution in [3.05, 3.63) is 84.3 Å². The number of benzene rings is 2. The first-order valence-corrected chi connectivity index (χ1v) is 8.81. The minimum Gasteiger partial charge on any atom is -0.496 e. The van der Waals surface area contributed by atoms with Gasteiger partial charge >= 0.3 is 0 Å². The summed E-state index contributed by atoms with van der Waals surface area (Å²) in [6, 6.07) is 19.0. The van der Waals surface area contributed by atoms with Crippen LogP contribution in [0.2, 0.25) is 0 Å². The van der Waals surface area contributed by atoms with E-state index in [0.717, 1.165) is 16.9 Å². The van der Waals surface area contributed by atoms with Crippen LogP contribution in [0.4, 0.5) is 0 Å². The summed E-state index contributed by atoms with van der Waals surface area (Å²) in [4.78, 5) is 12.9. The van der Waals surface area contributed by atoms with Crippen molar-refractivity contribution in [2.45, 2.75) is 6.54 Å². The summed E-state index contributed by atoms with van der Waals surface area (Å²) in [6.07, 6.45) is 3.38. The average Bonchev–Trinajstić information content (AvgIpc) is 3.43. The van der Waals surface area contributed by atoms with Crippen molar-refractivity contribution in [1.82, 2.24) is 25.3 Å². The Balaban J connectivity index is 1.74.